The molecule has 5 aromatic carbocycles. The maximum absolute atomic E-state index is 12.9. The largest absolute Gasteiger partial charge is 0.508 e. The molecule has 6 aromatic rings. The van der Waals surface area contributed by atoms with Crippen LogP contribution in [-0.2, 0) is 22.6 Å². The van der Waals surface area contributed by atoms with Crippen molar-refractivity contribution in [1.29, 1.82) is 0 Å². The molecule has 276 valence electrons. The van der Waals surface area contributed by atoms with E-state index in [-0.39, 0.29) is 42.1 Å². The van der Waals surface area contributed by atoms with E-state index in [4.69, 9.17) is 9.47 Å². The molecular weight excluding hydrogens is 681 g/mol. The number of carbonyl (C=O) groups is 1. The Morgan fingerprint density at radius 3 is 2.33 bits per heavy atom. The van der Waals surface area contributed by atoms with Gasteiger partial charge < -0.3 is 35.0 Å². The predicted molar refractivity (Wildman–Crippen MR) is 206 cm³/mol. The number of amides is 1. The van der Waals surface area contributed by atoms with Gasteiger partial charge in [-0.3, -0.25) is 9.78 Å². The van der Waals surface area contributed by atoms with Crippen molar-refractivity contribution in [3.05, 3.63) is 161 Å². The van der Waals surface area contributed by atoms with Crippen molar-refractivity contribution in [3.63, 3.8) is 0 Å². The molecule has 2 heterocycles. The van der Waals surface area contributed by atoms with Crippen molar-refractivity contribution in [1.82, 2.24) is 20.2 Å². The van der Waals surface area contributed by atoms with Crippen molar-refractivity contribution in [2.45, 2.75) is 44.7 Å². The quantitative estimate of drug-likeness (QED) is 0.106. The van der Waals surface area contributed by atoms with E-state index in [1.807, 2.05) is 103 Å². The summed E-state index contributed by atoms with van der Waals surface area (Å²) in [5.41, 5.74) is 7.97. The lowest BCUT2D eigenvalue weighted by molar-refractivity contribution is -0.276. The summed E-state index contributed by atoms with van der Waals surface area (Å²) in [6, 6.07) is 38.1. The number of nitrogens with one attached hydrogen (secondary N) is 1. The molecule has 5 unspecified atom stereocenters. The summed E-state index contributed by atoms with van der Waals surface area (Å²) in [7, 11) is 1.95. The van der Waals surface area contributed by atoms with Gasteiger partial charge in [0.25, 0.3) is 5.91 Å². The van der Waals surface area contributed by atoms with Crippen LogP contribution >= 0.6 is 0 Å². The molecule has 1 aliphatic heterocycles. The molecule has 5 atom stereocenters. The van der Waals surface area contributed by atoms with E-state index < -0.39 is 12.4 Å². The number of hydrogen-bond acceptors (Lipinski definition) is 9. The van der Waals surface area contributed by atoms with Gasteiger partial charge in [-0.25, -0.2) is 4.98 Å². The van der Waals surface area contributed by atoms with Crippen LogP contribution in [0.1, 0.15) is 63.7 Å². The number of carbonyl (C=O) groups excluding carboxylic acids is 1. The predicted octanol–water partition coefficient (Wildman–Crippen LogP) is 6.88. The van der Waals surface area contributed by atoms with Gasteiger partial charge in [-0.15, -0.1) is 0 Å². The molecule has 10 nitrogen and oxygen atoms in total. The number of aliphatic hydroxyl groups excluding tert-OH is 2. The SMILES string of the molecule is CC1C(CN(C)CC(O)c2cccc(O)c2)OC(c2ccc(-c3cccc(CNC(=O)c4cnc5ccccc5n4)c3)cc2)OC1c1ccc(CO)cc1. The Morgan fingerprint density at radius 1 is 0.833 bits per heavy atom. The molecule has 0 spiro atoms. The topological polar surface area (TPSA) is 137 Å². The first kappa shape index (κ1) is 36.9. The number of aliphatic hydroxyl groups is 2. The van der Waals surface area contributed by atoms with E-state index >= 15 is 0 Å². The third-order valence-electron chi connectivity index (χ3n) is 9.93. The standard InChI is InChI=1S/C44H44N4O6/c1-28-41(26-48(2)25-40(51)35-9-6-10-36(50)22-35)53-44(54-42(28)32-15-13-29(27-49)14-16-32)33-19-17-31(18-20-33)34-8-5-7-30(21-34)23-46-43(52)39-24-45-37-11-3-4-12-38(37)47-39/h3-22,24,28,40-42,44,49-51H,23,25-27H2,1-2H3,(H,46,52). The molecule has 7 rings (SSSR count). The fourth-order valence-electron chi connectivity index (χ4n) is 6.88. The fourth-order valence-corrected chi connectivity index (χ4v) is 6.88. The molecule has 1 fully saturated rings. The van der Waals surface area contributed by atoms with Crippen LogP contribution in [0.3, 0.4) is 0 Å². The zero-order valence-electron chi connectivity index (χ0n) is 30.2. The smallest absolute Gasteiger partial charge is 0.271 e. The van der Waals surface area contributed by atoms with Crippen LogP contribution in [0, 0.1) is 5.92 Å². The molecule has 0 bridgehead atoms. The minimum Gasteiger partial charge on any atom is -0.508 e. The third kappa shape index (κ3) is 8.65. The van der Waals surface area contributed by atoms with Crippen LogP contribution in [0.4, 0.5) is 0 Å². The van der Waals surface area contributed by atoms with E-state index in [1.165, 1.54) is 6.20 Å². The van der Waals surface area contributed by atoms with Gasteiger partial charge in [-0.1, -0.05) is 97.9 Å². The number of phenols is 1. The van der Waals surface area contributed by atoms with Gasteiger partial charge in [-0.05, 0) is 70.8 Å². The fraction of sp³-hybridized carbons (Fsp3) is 0.250. The number of aromatic nitrogens is 2. The highest BCUT2D eigenvalue weighted by Crippen LogP contribution is 2.42. The lowest BCUT2D eigenvalue weighted by Crippen LogP contribution is -2.44. The lowest BCUT2D eigenvalue weighted by atomic mass is 9.90. The second-order valence-electron chi connectivity index (χ2n) is 13.9. The molecule has 1 aromatic heterocycles. The maximum Gasteiger partial charge on any atom is 0.271 e. The monoisotopic (exact) mass is 724 g/mol. The van der Waals surface area contributed by atoms with E-state index in [1.54, 1.807) is 24.3 Å². The number of likely N-dealkylation sites (N-methyl/N-ethyl adjacent to an activating group) is 1. The highest BCUT2D eigenvalue weighted by Gasteiger charge is 2.39. The number of phenolic OH excluding ortho intramolecular Hbond substituents is 1. The van der Waals surface area contributed by atoms with E-state index in [0.717, 1.165) is 38.9 Å². The molecule has 0 aliphatic carbocycles. The Kier molecular flexibility index (Phi) is 11.4. The highest BCUT2D eigenvalue weighted by molar-refractivity contribution is 5.93. The summed E-state index contributed by atoms with van der Waals surface area (Å²) < 4.78 is 13.3. The first-order valence-corrected chi connectivity index (χ1v) is 18.1. The summed E-state index contributed by atoms with van der Waals surface area (Å²) in [6.07, 6.45) is -0.448. The van der Waals surface area contributed by atoms with Crippen molar-refractivity contribution in [2.75, 3.05) is 20.1 Å². The Morgan fingerprint density at radius 2 is 1.57 bits per heavy atom. The normalized spacial score (nSPS) is 19.1. The van der Waals surface area contributed by atoms with Gasteiger partial charge in [0.15, 0.2) is 6.29 Å². The molecule has 1 saturated heterocycles. The molecule has 0 saturated carbocycles. The van der Waals surface area contributed by atoms with Crippen molar-refractivity contribution in [2.24, 2.45) is 5.92 Å². The van der Waals surface area contributed by atoms with Gasteiger partial charge >= 0.3 is 0 Å². The average Bonchev–Trinajstić information content (AvgIpc) is 3.20. The summed E-state index contributed by atoms with van der Waals surface area (Å²) in [5, 5.41) is 33.4. The highest BCUT2D eigenvalue weighted by atomic mass is 16.7. The number of benzene rings is 5. The molecule has 54 heavy (non-hydrogen) atoms. The summed E-state index contributed by atoms with van der Waals surface area (Å²) in [5.74, 6) is -0.203. The van der Waals surface area contributed by atoms with Crippen LogP contribution in [-0.4, -0.2) is 62.3 Å². The van der Waals surface area contributed by atoms with Crippen LogP contribution < -0.4 is 5.32 Å². The van der Waals surface area contributed by atoms with Crippen molar-refractivity contribution < 1.29 is 29.6 Å². The number of aromatic hydroxyl groups is 1. The second kappa shape index (κ2) is 16.7. The van der Waals surface area contributed by atoms with Crippen LogP contribution in [0.15, 0.2) is 128 Å². The van der Waals surface area contributed by atoms with Crippen molar-refractivity contribution in [3.8, 4) is 16.9 Å². The molecule has 0 radical (unpaired) electrons. The summed E-state index contributed by atoms with van der Waals surface area (Å²) in [6.45, 7) is 3.30. The van der Waals surface area contributed by atoms with Crippen LogP contribution in [0.5, 0.6) is 5.75 Å². The van der Waals surface area contributed by atoms with Gasteiger partial charge in [0.2, 0.25) is 0 Å². The number of para-hydroxylation sites is 2. The number of nitrogens with zero attached hydrogens (tertiary/aromatic N) is 3. The first-order valence-electron chi connectivity index (χ1n) is 18.1. The van der Waals surface area contributed by atoms with E-state index in [2.05, 4.69) is 28.3 Å². The number of hydrogen-bond donors (Lipinski definition) is 4. The zero-order valence-corrected chi connectivity index (χ0v) is 30.2. The summed E-state index contributed by atoms with van der Waals surface area (Å²) >= 11 is 0. The minimum absolute atomic E-state index is 0.0302. The Bertz CT molecular complexity index is 2200. The second-order valence-corrected chi connectivity index (χ2v) is 13.9. The summed E-state index contributed by atoms with van der Waals surface area (Å²) in [4.78, 5) is 23.7. The maximum atomic E-state index is 12.9. The van der Waals surface area contributed by atoms with Crippen LogP contribution in [0.25, 0.3) is 22.2 Å². The molecular formula is C44H44N4O6. The van der Waals surface area contributed by atoms with Crippen LogP contribution in [0.2, 0.25) is 0 Å². The zero-order chi connectivity index (χ0) is 37.6. The number of fused-ring (bicyclic) bond motifs is 1. The van der Waals surface area contributed by atoms with E-state index in [0.29, 0.717) is 30.7 Å². The Balaban J connectivity index is 1.05. The Labute approximate surface area is 314 Å². The van der Waals surface area contributed by atoms with Gasteiger partial charge in [0.1, 0.15) is 11.4 Å². The molecule has 1 aliphatic rings. The molecule has 10 heteroatoms. The van der Waals surface area contributed by atoms with Crippen molar-refractivity contribution >= 4 is 16.9 Å². The number of rotatable bonds is 12. The minimum atomic E-state index is -0.781. The third-order valence-corrected chi connectivity index (χ3v) is 9.93. The van der Waals surface area contributed by atoms with Gasteiger partial charge in [0.05, 0.1) is 42.1 Å². The molecule has 1 amide bonds. The first-order chi connectivity index (χ1) is 26.2. The van der Waals surface area contributed by atoms with E-state index in [9.17, 15) is 20.1 Å². The van der Waals surface area contributed by atoms with Gasteiger partial charge in [-0.2, -0.15) is 0 Å². The molecule has 4 N–H and O–H groups in total. The average molecular weight is 725 g/mol. The van der Waals surface area contributed by atoms with Gasteiger partial charge in [0, 0.05) is 31.1 Å². The number of ether oxygens (including phenoxy) is 2. The lowest BCUT2D eigenvalue weighted by Gasteiger charge is -2.42. The Hall–Kier alpha value is -5.49.